The van der Waals surface area contributed by atoms with Crippen molar-refractivity contribution < 1.29 is 24.6 Å². The number of aliphatic imine (C=N–C) groups is 2. The molecule has 4 aliphatic heterocycles. The van der Waals surface area contributed by atoms with Crippen molar-refractivity contribution in [3.63, 3.8) is 0 Å². The molecule has 4 rings (SSSR count). The van der Waals surface area contributed by atoms with Crippen molar-refractivity contribution >= 4 is 42.0 Å². The highest BCUT2D eigenvalue weighted by atomic mass is 32.2. The lowest BCUT2D eigenvalue weighted by Crippen LogP contribution is -2.63. The number of carbonyl (C=O) groups is 3. The summed E-state index contributed by atoms with van der Waals surface area (Å²) in [5.41, 5.74) is 0.0230. The van der Waals surface area contributed by atoms with Crippen LogP contribution in [0.3, 0.4) is 0 Å². The van der Waals surface area contributed by atoms with Gasteiger partial charge in [0.25, 0.3) is 0 Å². The van der Waals surface area contributed by atoms with Gasteiger partial charge in [-0.2, -0.15) is 0 Å². The number of nitrogens with zero attached hydrogens (tertiary/aromatic N) is 5. The minimum absolute atomic E-state index is 0.00180. The molecule has 2 fully saturated rings. The molecule has 180 valence electrons. The van der Waals surface area contributed by atoms with Gasteiger partial charge in [-0.25, -0.2) is 4.79 Å². The molecule has 0 aromatic rings. The van der Waals surface area contributed by atoms with Crippen LogP contribution < -0.4 is 0 Å². The van der Waals surface area contributed by atoms with Crippen LogP contribution in [0.25, 0.3) is 0 Å². The number of likely N-dealkylation sites (N-methyl/N-ethyl adjacent to an activating group) is 1. The fourth-order valence-electron chi connectivity index (χ4n) is 5.32. The van der Waals surface area contributed by atoms with Crippen molar-refractivity contribution in [2.24, 2.45) is 21.8 Å². The molecule has 0 saturated carbocycles. The molecule has 0 radical (unpaired) electrons. The standard InChI is InChI=1S/C22H31N5O5S/c1-11-17-16(12(2)28)21(30)27(17)18(22(31)32)19(11)33-13-8-14(20(29)25(3)4)26(9-13)10-15-23-6-5-7-24-15/h6-7,11-17,28H,5,8-10H2,1-4H3,(H,31,32). The molecule has 10 nitrogen and oxygen atoms in total. The summed E-state index contributed by atoms with van der Waals surface area (Å²) in [5, 5.41) is 19.9. The van der Waals surface area contributed by atoms with Crippen LogP contribution in [0.1, 0.15) is 26.7 Å². The van der Waals surface area contributed by atoms with E-state index in [1.807, 2.05) is 19.4 Å². The Morgan fingerprint density at radius 3 is 2.55 bits per heavy atom. The molecule has 4 heterocycles. The van der Waals surface area contributed by atoms with E-state index in [1.54, 1.807) is 25.9 Å². The Labute approximate surface area is 197 Å². The van der Waals surface area contributed by atoms with Crippen LogP contribution >= 0.6 is 11.8 Å². The molecule has 0 aromatic heterocycles. The molecule has 0 aromatic carbocycles. The lowest BCUT2D eigenvalue weighted by Gasteiger charge is -2.46. The number of aliphatic carboxylic acids is 1. The predicted octanol–water partition coefficient (Wildman–Crippen LogP) is 0.276. The first-order chi connectivity index (χ1) is 15.6. The van der Waals surface area contributed by atoms with E-state index in [4.69, 9.17) is 0 Å². The first-order valence-electron chi connectivity index (χ1n) is 11.3. The number of thioether (sulfide) groups is 1. The van der Waals surface area contributed by atoms with Gasteiger partial charge in [0.15, 0.2) is 6.17 Å². The zero-order valence-electron chi connectivity index (χ0n) is 19.3. The summed E-state index contributed by atoms with van der Waals surface area (Å²) in [7, 11) is 3.46. The number of aliphatic hydroxyl groups is 1. The topological polar surface area (TPSA) is 126 Å². The van der Waals surface area contributed by atoms with Crippen LogP contribution in [0.4, 0.5) is 0 Å². The van der Waals surface area contributed by atoms with E-state index in [0.717, 1.165) is 0 Å². The predicted molar refractivity (Wildman–Crippen MR) is 125 cm³/mol. The fourth-order valence-corrected chi connectivity index (χ4v) is 6.87. The van der Waals surface area contributed by atoms with Crippen molar-refractivity contribution in [2.75, 3.05) is 27.2 Å². The fraction of sp³-hybridized carbons (Fsp3) is 0.682. The molecule has 0 bridgehead atoms. The molecule has 0 spiro atoms. The molecular weight excluding hydrogens is 446 g/mol. The van der Waals surface area contributed by atoms with Crippen LogP contribution in [0.15, 0.2) is 20.6 Å². The average Bonchev–Trinajstić information content (AvgIpc) is 3.25. The maximum atomic E-state index is 12.9. The molecule has 0 aliphatic carbocycles. The number of carboxylic acid groups (broad SMARTS) is 1. The molecule has 6 atom stereocenters. The average molecular weight is 478 g/mol. The second-order valence-corrected chi connectivity index (χ2v) is 10.7. The lowest BCUT2D eigenvalue weighted by molar-refractivity contribution is -0.163. The van der Waals surface area contributed by atoms with E-state index in [2.05, 4.69) is 14.9 Å². The summed E-state index contributed by atoms with van der Waals surface area (Å²) in [6, 6.07) is -0.673. The third-order valence-corrected chi connectivity index (χ3v) is 8.35. The lowest BCUT2D eigenvalue weighted by atomic mass is 9.79. The Balaban J connectivity index is 1.55. The Morgan fingerprint density at radius 2 is 1.97 bits per heavy atom. The van der Waals surface area contributed by atoms with Crippen LogP contribution in [0.2, 0.25) is 0 Å². The number of carbonyl (C=O) groups excluding carboxylic acids is 2. The smallest absolute Gasteiger partial charge is 0.353 e. The first-order valence-corrected chi connectivity index (χ1v) is 12.1. The van der Waals surface area contributed by atoms with Gasteiger partial charge in [0.05, 0.1) is 24.1 Å². The summed E-state index contributed by atoms with van der Waals surface area (Å²) in [4.78, 5) is 52.1. The van der Waals surface area contributed by atoms with Gasteiger partial charge in [0.1, 0.15) is 5.70 Å². The van der Waals surface area contributed by atoms with Crippen LogP contribution in [-0.2, 0) is 14.4 Å². The van der Waals surface area contributed by atoms with Gasteiger partial charge < -0.3 is 20.0 Å². The number of carboxylic acids is 1. The highest BCUT2D eigenvalue weighted by Gasteiger charge is 2.60. The molecule has 33 heavy (non-hydrogen) atoms. The van der Waals surface area contributed by atoms with E-state index in [1.165, 1.54) is 16.7 Å². The third-order valence-electron chi connectivity index (χ3n) is 6.86. The van der Waals surface area contributed by atoms with E-state index in [-0.39, 0.29) is 46.9 Å². The quantitative estimate of drug-likeness (QED) is 0.504. The van der Waals surface area contributed by atoms with Gasteiger partial charge in [0.2, 0.25) is 11.8 Å². The highest BCUT2D eigenvalue weighted by molar-refractivity contribution is 8.03. The Kier molecular flexibility index (Phi) is 6.66. The Bertz CT molecular complexity index is 920. The molecule has 4 aliphatic rings. The van der Waals surface area contributed by atoms with Crippen molar-refractivity contribution in [3.05, 3.63) is 10.6 Å². The van der Waals surface area contributed by atoms with Crippen molar-refractivity contribution in [2.45, 2.75) is 56.3 Å². The summed E-state index contributed by atoms with van der Waals surface area (Å²) < 4.78 is 0. The highest BCUT2D eigenvalue weighted by Crippen LogP contribution is 2.52. The summed E-state index contributed by atoms with van der Waals surface area (Å²) >= 11 is 1.46. The molecule has 11 heteroatoms. The van der Waals surface area contributed by atoms with E-state index in [9.17, 15) is 24.6 Å². The number of fused-ring (bicyclic) bond motifs is 1. The largest absolute Gasteiger partial charge is 0.477 e. The SMILES string of the molecule is CC(O)C1C(=O)N2C(C(=O)O)=C(SC3CC(C(=O)N(C)C)N(CC4N=CCC=N4)C3)C(C)C12. The second-order valence-electron chi connectivity index (χ2n) is 9.33. The van der Waals surface area contributed by atoms with E-state index >= 15 is 0 Å². The Morgan fingerprint density at radius 1 is 1.30 bits per heavy atom. The summed E-state index contributed by atoms with van der Waals surface area (Å²) in [6.07, 6.45) is 3.86. The monoisotopic (exact) mass is 477 g/mol. The van der Waals surface area contributed by atoms with Crippen molar-refractivity contribution in [1.82, 2.24) is 14.7 Å². The summed E-state index contributed by atoms with van der Waals surface area (Å²) in [5.74, 6) is -2.25. The van der Waals surface area contributed by atoms with Gasteiger partial charge in [-0.1, -0.05) is 6.92 Å². The number of hydrogen-bond acceptors (Lipinski definition) is 8. The normalized spacial score (nSPS) is 32.8. The number of aliphatic hydroxyl groups excluding tert-OH is 1. The van der Waals surface area contributed by atoms with Gasteiger partial charge in [-0.05, 0) is 13.3 Å². The maximum Gasteiger partial charge on any atom is 0.353 e. The molecule has 2 N–H and O–H groups in total. The minimum atomic E-state index is -1.13. The zero-order chi connectivity index (χ0) is 24.0. The second kappa shape index (κ2) is 9.19. The van der Waals surface area contributed by atoms with Crippen molar-refractivity contribution in [3.8, 4) is 0 Å². The number of hydrogen-bond donors (Lipinski definition) is 2. The molecule has 6 unspecified atom stereocenters. The van der Waals surface area contributed by atoms with Crippen LogP contribution in [-0.4, -0.2) is 112 Å². The number of amides is 2. The van der Waals surface area contributed by atoms with Gasteiger partial charge in [0, 0.05) is 62.1 Å². The van der Waals surface area contributed by atoms with Gasteiger partial charge >= 0.3 is 5.97 Å². The molecule has 2 saturated heterocycles. The van der Waals surface area contributed by atoms with Gasteiger partial charge in [-0.15, -0.1) is 11.8 Å². The molecular formula is C22H31N5O5S. The maximum absolute atomic E-state index is 12.9. The van der Waals surface area contributed by atoms with Crippen LogP contribution in [0.5, 0.6) is 0 Å². The van der Waals surface area contributed by atoms with Gasteiger partial charge in [-0.3, -0.25) is 24.5 Å². The number of likely N-dealkylation sites (tertiary alicyclic amines) is 1. The van der Waals surface area contributed by atoms with Crippen LogP contribution in [0, 0.1) is 11.8 Å². The Hall–Kier alpha value is -2.24. The minimum Gasteiger partial charge on any atom is -0.477 e. The van der Waals surface area contributed by atoms with E-state index < -0.39 is 18.0 Å². The number of β-lactam (4-membered cyclic amide) rings is 1. The van der Waals surface area contributed by atoms with E-state index in [0.29, 0.717) is 30.8 Å². The first kappa shape index (κ1) is 23.9. The number of rotatable bonds is 7. The zero-order valence-corrected chi connectivity index (χ0v) is 20.1. The summed E-state index contributed by atoms with van der Waals surface area (Å²) in [6.45, 7) is 4.60. The van der Waals surface area contributed by atoms with Crippen molar-refractivity contribution in [1.29, 1.82) is 0 Å². The third kappa shape index (κ3) is 4.22. The molecule has 2 amide bonds.